The average Bonchev–Trinajstić information content (AvgIpc) is 2.73. The van der Waals surface area contributed by atoms with Crippen molar-refractivity contribution < 1.29 is 13.2 Å². The van der Waals surface area contributed by atoms with Crippen molar-refractivity contribution in [1.82, 2.24) is 9.82 Å². The molecule has 2 N–H and O–H groups in total. The fourth-order valence-electron chi connectivity index (χ4n) is 2.49. The van der Waals surface area contributed by atoms with Gasteiger partial charge in [0.2, 0.25) is 0 Å². The van der Waals surface area contributed by atoms with Gasteiger partial charge in [0.25, 0.3) is 15.9 Å². The number of pyridine rings is 1. The number of hydrogen-bond acceptors (Lipinski definition) is 5. The van der Waals surface area contributed by atoms with E-state index in [0.29, 0.717) is 22.5 Å². The molecule has 0 unspecified atom stereocenters. The van der Waals surface area contributed by atoms with Crippen LogP contribution in [0.5, 0.6) is 0 Å². The van der Waals surface area contributed by atoms with E-state index in [1.54, 1.807) is 61.7 Å². The van der Waals surface area contributed by atoms with Crippen LogP contribution >= 0.6 is 0 Å². The van der Waals surface area contributed by atoms with E-state index in [4.69, 9.17) is 0 Å². The molecule has 0 saturated carbocycles. The van der Waals surface area contributed by atoms with Crippen LogP contribution in [0.4, 0.5) is 5.69 Å². The van der Waals surface area contributed by atoms with Crippen LogP contribution in [-0.2, 0) is 10.0 Å². The molecule has 0 fully saturated rings. The number of hydrogen-bond donors (Lipinski definition) is 2. The second-order valence-corrected chi connectivity index (χ2v) is 8.04. The minimum absolute atomic E-state index is 0.136. The molecular formula is C21H20N4O3S. The summed E-state index contributed by atoms with van der Waals surface area (Å²) in [6, 6.07) is 16.8. The number of sulfonamides is 1. The monoisotopic (exact) mass is 408 g/mol. The number of rotatable bonds is 6. The molecule has 3 rings (SSSR count). The number of nitrogens with zero attached hydrogens (tertiary/aromatic N) is 2. The first-order valence-corrected chi connectivity index (χ1v) is 10.3. The molecule has 0 bridgehead atoms. The summed E-state index contributed by atoms with van der Waals surface area (Å²) in [7, 11) is -3.76. The topological polar surface area (TPSA) is 101 Å². The Morgan fingerprint density at radius 2 is 1.72 bits per heavy atom. The molecule has 1 amide bonds. The first kappa shape index (κ1) is 20.2. The van der Waals surface area contributed by atoms with E-state index in [9.17, 15) is 13.2 Å². The number of carbonyl (C=O) groups excluding carboxylic acids is 1. The molecule has 148 valence electrons. The first-order valence-electron chi connectivity index (χ1n) is 8.80. The Morgan fingerprint density at radius 3 is 2.41 bits per heavy atom. The fraction of sp³-hybridized carbons (Fsp3) is 0.0952. The second-order valence-electron chi connectivity index (χ2n) is 6.38. The quantitative estimate of drug-likeness (QED) is 0.482. The smallest absolute Gasteiger partial charge is 0.276 e. The molecule has 0 aliphatic rings. The minimum atomic E-state index is -3.76. The summed E-state index contributed by atoms with van der Waals surface area (Å²) in [6.45, 7) is 3.56. The lowest BCUT2D eigenvalue weighted by molar-refractivity contribution is 0.102. The Labute approximate surface area is 169 Å². The molecule has 3 aromatic rings. The number of aromatic nitrogens is 1. The van der Waals surface area contributed by atoms with Gasteiger partial charge in [-0.1, -0.05) is 29.8 Å². The molecule has 0 aliphatic heterocycles. The molecule has 7 nitrogen and oxygen atoms in total. The molecular weight excluding hydrogens is 388 g/mol. The lowest BCUT2D eigenvalue weighted by atomic mass is 10.1. The summed E-state index contributed by atoms with van der Waals surface area (Å²) >= 11 is 0. The number of amides is 1. The predicted molar refractivity (Wildman–Crippen MR) is 112 cm³/mol. The molecule has 1 heterocycles. The van der Waals surface area contributed by atoms with Gasteiger partial charge in [0.1, 0.15) is 0 Å². The Hall–Kier alpha value is -3.52. The number of nitrogens with one attached hydrogen (secondary N) is 2. The number of hydrazone groups is 1. The van der Waals surface area contributed by atoms with Gasteiger partial charge in [-0.15, -0.1) is 0 Å². The molecule has 1 aromatic heterocycles. The van der Waals surface area contributed by atoms with E-state index in [2.05, 4.69) is 20.2 Å². The summed E-state index contributed by atoms with van der Waals surface area (Å²) in [4.78, 5) is 18.6. The lowest BCUT2D eigenvalue weighted by Gasteiger charge is -2.08. The van der Waals surface area contributed by atoms with Crippen LogP contribution in [0.15, 0.2) is 83.1 Å². The van der Waals surface area contributed by atoms with Crippen LogP contribution in [0.2, 0.25) is 0 Å². The van der Waals surface area contributed by atoms with Crippen LogP contribution in [0.3, 0.4) is 0 Å². The highest BCUT2D eigenvalue weighted by atomic mass is 32.2. The van der Waals surface area contributed by atoms with Gasteiger partial charge in [-0.25, -0.2) is 0 Å². The summed E-state index contributed by atoms with van der Waals surface area (Å²) in [6.07, 6.45) is 3.07. The highest BCUT2D eigenvalue weighted by Gasteiger charge is 2.13. The van der Waals surface area contributed by atoms with Crippen LogP contribution in [-0.4, -0.2) is 25.0 Å². The van der Waals surface area contributed by atoms with Crippen molar-refractivity contribution in [2.24, 2.45) is 5.10 Å². The van der Waals surface area contributed by atoms with Crippen LogP contribution in [0.25, 0.3) is 0 Å². The number of aryl methyl sites for hydroxylation is 1. The average molecular weight is 408 g/mol. The summed E-state index contributed by atoms with van der Waals surface area (Å²) in [5, 5.41) is 6.78. The Balaban J connectivity index is 1.74. The van der Waals surface area contributed by atoms with Crippen molar-refractivity contribution in [3.05, 3.63) is 89.7 Å². The van der Waals surface area contributed by atoms with Gasteiger partial charge in [-0.05, 0) is 55.8 Å². The van der Waals surface area contributed by atoms with Gasteiger partial charge in [-0.2, -0.15) is 18.4 Å². The van der Waals surface area contributed by atoms with E-state index < -0.39 is 10.0 Å². The van der Waals surface area contributed by atoms with E-state index in [1.165, 1.54) is 18.3 Å². The number of anilines is 1. The van der Waals surface area contributed by atoms with E-state index >= 15 is 0 Å². The van der Waals surface area contributed by atoms with Crippen molar-refractivity contribution in [3.63, 3.8) is 0 Å². The minimum Gasteiger partial charge on any atom is -0.322 e. The van der Waals surface area contributed by atoms with Crippen molar-refractivity contribution in [2.75, 3.05) is 5.32 Å². The predicted octanol–water partition coefficient (Wildman–Crippen LogP) is 3.34. The highest BCUT2D eigenvalue weighted by molar-refractivity contribution is 7.89. The largest absolute Gasteiger partial charge is 0.322 e. The van der Waals surface area contributed by atoms with E-state index in [1.807, 2.05) is 6.92 Å². The highest BCUT2D eigenvalue weighted by Crippen LogP contribution is 2.14. The third-order valence-corrected chi connectivity index (χ3v) is 5.35. The van der Waals surface area contributed by atoms with Gasteiger partial charge in [0.15, 0.2) is 0 Å². The van der Waals surface area contributed by atoms with E-state index in [0.717, 1.165) is 5.56 Å². The van der Waals surface area contributed by atoms with Crippen LogP contribution < -0.4 is 10.1 Å². The number of carbonyl (C=O) groups is 1. The molecule has 29 heavy (non-hydrogen) atoms. The third-order valence-electron chi connectivity index (χ3n) is 4.13. The first-order chi connectivity index (χ1) is 13.8. The zero-order valence-corrected chi connectivity index (χ0v) is 16.8. The maximum absolute atomic E-state index is 12.4. The fourth-order valence-corrected chi connectivity index (χ4v) is 3.34. The molecule has 0 radical (unpaired) electrons. The normalized spacial score (nSPS) is 11.7. The second kappa shape index (κ2) is 8.66. The van der Waals surface area contributed by atoms with Gasteiger partial charge in [0, 0.05) is 18.1 Å². The molecule has 0 saturated heterocycles. The molecule has 0 atom stereocenters. The summed E-state index contributed by atoms with van der Waals surface area (Å²) in [5.74, 6) is -0.287. The summed E-state index contributed by atoms with van der Waals surface area (Å²) in [5.41, 5.74) is 3.09. The SMILES string of the molecule is C/C(=N/NS(=O)(=O)c1ccc(C)cc1)c1cccc(NC(=O)c2cccnc2)c1. The zero-order chi connectivity index (χ0) is 20.9. The van der Waals surface area contributed by atoms with Crippen molar-refractivity contribution in [2.45, 2.75) is 18.7 Å². The van der Waals surface area contributed by atoms with Crippen molar-refractivity contribution >= 4 is 27.3 Å². The van der Waals surface area contributed by atoms with Crippen molar-refractivity contribution in [3.8, 4) is 0 Å². The molecule has 8 heteroatoms. The maximum Gasteiger partial charge on any atom is 0.276 e. The van der Waals surface area contributed by atoms with Crippen LogP contribution in [0, 0.1) is 6.92 Å². The van der Waals surface area contributed by atoms with Gasteiger partial charge in [-0.3, -0.25) is 9.78 Å². The third kappa shape index (κ3) is 5.26. The summed E-state index contributed by atoms with van der Waals surface area (Å²) < 4.78 is 24.7. The molecule has 0 spiro atoms. The Kier molecular flexibility index (Phi) is 6.04. The number of benzene rings is 2. The van der Waals surface area contributed by atoms with E-state index in [-0.39, 0.29) is 10.8 Å². The molecule has 0 aliphatic carbocycles. The van der Waals surface area contributed by atoms with Crippen LogP contribution in [0.1, 0.15) is 28.4 Å². The van der Waals surface area contributed by atoms with Gasteiger partial charge >= 0.3 is 0 Å². The molecule has 2 aromatic carbocycles. The Bertz CT molecular complexity index is 1140. The van der Waals surface area contributed by atoms with Crippen molar-refractivity contribution in [1.29, 1.82) is 0 Å². The lowest BCUT2D eigenvalue weighted by Crippen LogP contribution is -2.20. The standard InChI is InChI=1S/C21H20N4O3S/c1-15-8-10-20(11-9-15)29(27,28)25-24-16(2)17-5-3-7-19(13-17)23-21(26)18-6-4-12-22-14-18/h3-14,25H,1-2H3,(H,23,26)/b24-16-. The Morgan fingerprint density at radius 1 is 1.00 bits per heavy atom. The maximum atomic E-state index is 12.4. The zero-order valence-electron chi connectivity index (χ0n) is 16.0. The van der Waals surface area contributed by atoms with Gasteiger partial charge in [0.05, 0.1) is 16.2 Å². The van der Waals surface area contributed by atoms with Gasteiger partial charge < -0.3 is 5.32 Å².